The molecule has 0 aliphatic rings. The van der Waals surface area contributed by atoms with Crippen molar-refractivity contribution in [2.24, 2.45) is 0 Å². The fourth-order valence-electron chi connectivity index (χ4n) is 3.05. The molecular formula is C24H20N2O4. The predicted octanol–water partition coefficient (Wildman–Crippen LogP) is 5.31. The van der Waals surface area contributed by atoms with Crippen LogP contribution in [0.4, 0.5) is 4.79 Å². The van der Waals surface area contributed by atoms with E-state index in [0.29, 0.717) is 18.0 Å². The first-order chi connectivity index (χ1) is 14.7. The van der Waals surface area contributed by atoms with Crippen LogP contribution < -0.4 is 14.8 Å². The van der Waals surface area contributed by atoms with Crippen molar-refractivity contribution in [3.05, 3.63) is 91.0 Å². The van der Waals surface area contributed by atoms with E-state index in [1.807, 2.05) is 48.5 Å². The summed E-state index contributed by atoms with van der Waals surface area (Å²) in [6.07, 6.45) is 4.54. The number of benzene rings is 2. The molecule has 6 nitrogen and oxygen atoms in total. The molecule has 2 heterocycles. The van der Waals surface area contributed by atoms with Gasteiger partial charge in [-0.25, -0.2) is 4.79 Å². The SMILES string of the molecule is COc1ccc(OC(=O)NCc2ccccc2)cc1-c1cncc(-c2ccco2)c1. The first-order valence-corrected chi connectivity index (χ1v) is 9.40. The zero-order valence-electron chi connectivity index (χ0n) is 16.4. The second kappa shape index (κ2) is 8.96. The molecule has 0 aliphatic carbocycles. The Labute approximate surface area is 174 Å². The van der Waals surface area contributed by atoms with E-state index in [-0.39, 0.29) is 0 Å². The van der Waals surface area contributed by atoms with Gasteiger partial charge >= 0.3 is 6.09 Å². The molecule has 4 rings (SSSR count). The molecule has 30 heavy (non-hydrogen) atoms. The number of hydrogen-bond acceptors (Lipinski definition) is 5. The fourth-order valence-corrected chi connectivity index (χ4v) is 3.05. The lowest BCUT2D eigenvalue weighted by atomic mass is 10.0. The lowest BCUT2D eigenvalue weighted by Gasteiger charge is -2.12. The van der Waals surface area contributed by atoms with Crippen LogP contribution in [-0.2, 0) is 6.54 Å². The molecule has 4 aromatic rings. The van der Waals surface area contributed by atoms with Crippen molar-refractivity contribution < 1.29 is 18.7 Å². The van der Waals surface area contributed by atoms with Crippen LogP contribution >= 0.6 is 0 Å². The lowest BCUT2D eigenvalue weighted by Crippen LogP contribution is -2.26. The Morgan fingerprint density at radius 3 is 2.60 bits per heavy atom. The number of rotatable bonds is 6. The van der Waals surface area contributed by atoms with Crippen molar-refractivity contribution in [3.63, 3.8) is 0 Å². The van der Waals surface area contributed by atoms with Crippen molar-refractivity contribution in [1.82, 2.24) is 10.3 Å². The molecule has 0 bridgehead atoms. The van der Waals surface area contributed by atoms with Crippen LogP contribution in [0.15, 0.2) is 89.8 Å². The maximum Gasteiger partial charge on any atom is 0.412 e. The molecule has 2 aromatic carbocycles. The van der Waals surface area contributed by atoms with Crippen molar-refractivity contribution in [3.8, 4) is 33.9 Å². The summed E-state index contributed by atoms with van der Waals surface area (Å²) in [6, 6.07) is 20.5. The van der Waals surface area contributed by atoms with Gasteiger partial charge in [0.1, 0.15) is 17.3 Å². The van der Waals surface area contributed by atoms with Crippen LogP contribution in [0.1, 0.15) is 5.56 Å². The zero-order chi connectivity index (χ0) is 20.8. The lowest BCUT2D eigenvalue weighted by molar-refractivity contribution is 0.200. The molecule has 0 unspecified atom stereocenters. The molecule has 1 amide bonds. The van der Waals surface area contributed by atoms with Gasteiger partial charge < -0.3 is 19.2 Å². The summed E-state index contributed by atoms with van der Waals surface area (Å²) in [6.45, 7) is 0.387. The Hall–Kier alpha value is -4.06. The third-order valence-corrected chi connectivity index (χ3v) is 4.52. The van der Waals surface area contributed by atoms with Crippen LogP contribution in [0.2, 0.25) is 0 Å². The number of nitrogens with one attached hydrogen (secondary N) is 1. The molecule has 0 spiro atoms. The molecule has 0 saturated heterocycles. The highest BCUT2D eigenvalue weighted by atomic mass is 16.6. The Balaban J connectivity index is 1.54. The van der Waals surface area contributed by atoms with Gasteiger partial charge in [-0.05, 0) is 42.0 Å². The van der Waals surface area contributed by atoms with Crippen molar-refractivity contribution in [2.45, 2.75) is 6.54 Å². The molecule has 2 aromatic heterocycles. The van der Waals surface area contributed by atoms with Gasteiger partial charge in [-0.1, -0.05) is 30.3 Å². The first kappa shape index (κ1) is 19.3. The maximum atomic E-state index is 12.2. The van der Waals surface area contributed by atoms with Gasteiger partial charge in [-0.2, -0.15) is 0 Å². The van der Waals surface area contributed by atoms with Gasteiger partial charge in [0.2, 0.25) is 0 Å². The predicted molar refractivity (Wildman–Crippen MR) is 113 cm³/mol. The number of hydrogen-bond donors (Lipinski definition) is 1. The Bertz CT molecular complexity index is 1130. The van der Waals surface area contributed by atoms with E-state index in [2.05, 4.69) is 10.3 Å². The average Bonchev–Trinajstić information content (AvgIpc) is 3.34. The molecule has 150 valence electrons. The number of methoxy groups -OCH3 is 1. The minimum Gasteiger partial charge on any atom is -0.496 e. The first-order valence-electron chi connectivity index (χ1n) is 9.40. The third kappa shape index (κ3) is 4.50. The summed E-state index contributed by atoms with van der Waals surface area (Å²) in [4.78, 5) is 16.5. The second-order valence-electron chi connectivity index (χ2n) is 6.53. The Kier molecular flexibility index (Phi) is 5.75. The summed E-state index contributed by atoms with van der Waals surface area (Å²) in [5.74, 6) is 1.77. The Morgan fingerprint density at radius 2 is 1.83 bits per heavy atom. The quantitative estimate of drug-likeness (QED) is 0.475. The van der Waals surface area contributed by atoms with E-state index in [0.717, 1.165) is 28.0 Å². The van der Waals surface area contributed by atoms with E-state index in [4.69, 9.17) is 13.9 Å². The van der Waals surface area contributed by atoms with Crippen LogP contribution in [0.25, 0.3) is 22.5 Å². The number of furan rings is 1. The normalized spacial score (nSPS) is 10.4. The number of carbonyl (C=O) groups is 1. The number of aromatic nitrogens is 1. The van der Waals surface area contributed by atoms with E-state index >= 15 is 0 Å². The minimum absolute atomic E-state index is 0.387. The summed E-state index contributed by atoms with van der Waals surface area (Å²) in [5.41, 5.74) is 3.40. The largest absolute Gasteiger partial charge is 0.496 e. The highest BCUT2D eigenvalue weighted by molar-refractivity contribution is 5.77. The smallest absolute Gasteiger partial charge is 0.412 e. The maximum absolute atomic E-state index is 12.2. The van der Waals surface area contributed by atoms with Gasteiger partial charge in [-0.3, -0.25) is 4.98 Å². The number of carbonyl (C=O) groups excluding carboxylic acids is 1. The van der Waals surface area contributed by atoms with Crippen molar-refractivity contribution in [2.75, 3.05) is 7.11 Å². The van der Waals surface area contributed by atoms with Gasteiger partial charge in [0.15, 0.2) is 0 Å². The number of ether oxygens (including phenoxy) is 2. The van der Waals surface area contributed by atoms with E-state index < -0.39 is 6.09 Å². The topological polar surface area (TPSA) is 73.6 Å². The van der Waals surface area contributed by atoms with Crippen molar-refractivity contribution >= 4 is 6.09 Å². The monoisotopic (exact) mass is 400 g/mol. The molecule has 1 N–H and O–H groups in total. The molecule has 0 atom stereocenters. The van der Waals surface area contributed by atoms with E-state index in [9.17, 15) is 4.79 Å². The molecule has 6 heteroatoms. The highest BCUT2D eigenvalue weighted by Gasteiger charge is 2.12. The Morgan fingerprint density at radius 1 is 1.00 bits per heavy atom. The van der Waals surface area contributed by atoms with Gasteiger partial charge in [0.25, 0.3) is 0 Å². The third-order valence-electron chi connectivity index (χ3n) is 4.52. The molecule has 0 aliphatic heterocycles. The second-order valence-corrected chi connectivity index (χ2v) is 6.53. The fraction of sp³-hybridized carbons (Fsp3) is 0.0833. The molecular weight excluding hydrogens is 380 g/mol. The van der Waals surface area contributed by atoms with Gasteiger partial charge in [0, 0.05) is 35.6 Å². The minimum atomic E-state index is -0.530. The van der Waals surface area contributed by atoms with Crippen LogP contribution in [0, 0.1) is 0 Å². The van der Waals surface area contributed by atoms with Gasteiger partial charge in [0.05, 0.1) is 13.4 Å². The summed E-state index contributed by atoms with van der Waals surface area (Å²) < 4.78 is 16.4. The summed E-state index contributed by atoms with van der Waals surface area (Å²) >= 11 is 0. The molecule has 0 saturated carbocycles. The van der Waals surface area contributed by atoms with Crippen LogP contribution in [0.3, 0.4) is 0 Å². The van der Waals surface area contributed by atoms with Crippen molar-refractivity contribution in [1.29, 1.82) is 0 Å². The van der Waals surface area contributed by atoms with Crippen LogP contribution in [0.5, 0.6) is 11.5 Å². The van der Waals surface area contributed by atoms with E-state index in [1.165, 1.54) is 0 Å². The van der Waals surface area contributed by atoms with Crippen LogP contribution in [-0.4, -0.2) is 18.2 Å². The number of pyridine rings is 1. The number of amides is 1. The summed E-state index contributed by atoms with van der Waals surface area (Å²) in [7, 11) is 1.59. The van der Waals surface area contributed by atoms with E-state index in [1.54, 1.807) is 44.0 Å². The average molecular weight is 400 g/mol. The standard InChI is InChI=1S/C24H20N2O4/c1-28-23-10-9-20(30-24(27)26-14-17-6-3-2-4-7-17)13-21(23)18-12-19(16-25-15-18)22-8-5-11-29-22/h2-13,15-16H,14H2,1H3,(H,26,27). The van der Waals surface area contributed by atoms with Gasteiger partial charge in [-0.15, -0.1) is 0 Å². The summed E-state index contributed by atoms with van der Waals surface area (Å²) in [5, 5.41) is 2.75. The molecule has 0 fully saturated rings. The zero-order valence-corrected chi connectivity index (χ0v) is 16.4. The highest BCUT2D eigenvalue weighted by Crippen LogP contribution is 2.35. The molecule has 0 radical (unpaired) electrons. The number of nitrogens with zero attached hydrogens (tertiary/aromatic N) is 1.